The van der Waals surface area contributed by atoms with E-state index in [1.54, 1.807) is 17.9 Å². The van der Waals surface area contributed by atoms with Crippen LogP contribution in [-0.2, 0) is 0 Å². The topological polar surface area (TPSA) is 75.4 Å². The van der Waals surface area contributed by atoms with E-state index in [0.717, 1.165) is 10.6 Å². The number of aliphatic hydroxyl groups excluding tert-OH is 1. The Hall–Kier alpha value is -1.66. The van der Waals surface area contributed by atoms with Crippen LogP contribution < -0.4 is 5.32 Å². The van der Waals surface area contributed by atoms with Gasteiger partial charge in [-0.1, -0.05) is 27.7 Å². The van der Waals surface area contributed by atoms with Crippen molar-refractivity contribution in [3.63, 3.8) is 0 Å². The summed E-state index contributed by atoms with van der Waals surface area (Å²) in [5.74, 6) is -0.0890. The fraction of sp³-hybridized carbons (Fsp3) is 0.500. The number of amides is 1. The van der Waals surface area contributed by atoms with Crippen molar-refractivity contribution in [3.8, 4) is 10.6 Å². The van der Waals surface area contributed by atoms with Crippen molar-refractivity contribution < 1.29 is 14.3 Å². The number of hydrogen-bond donors (Lipinski definition) is 2. The fourth-order valence-corrected chi connectivity index (χ4v) is 3.09. The number of rotatable bonds is 6. The average Bonchev–Trinajstić information content (AvgIpc) is 3.13. The van der Waals surface area contributed by atoms with Crippen molar-refractivity contribution in [2.45, 2.75) is 33.8 Å². The average molecular weight is 322 g/mol. The van der Waals surface area contributed by atoms with Crippen LogP contribution in [0.5, 0.6) is 0 Å². The van der Waals surface area contributed by atoms with E-state index in [2.05, 4.69) is 10.3 Å². The van der Waals surface area contributed by atoms with Crippen molar-refractivity contribution in [2.24, 2.45) is 11.3 Å². The zero-order valence-electron chi connectivity index (χ0n) is 13.3. The summed E-state index contributed by atoms with van der Waals surface area (Å²) >= 11 is 1.40. The van der Waals surface area contributed by atoms with Crippen LogP contribution in [-0.4, -0.2) is 28.6 Å². The lowest BCUT2D eigenvalue weighted by molar-refractivity contribution is 0.0138. The number of nitrogens with one attached hydrogen (secondary N) is 1. The molecule has 2 aromatic heterocycles. The molecule has 2 N–H and O–H groups in total. The van der Waals surface area contributed by atoms with Crippen LogP contribution in [0, 0.1) is 11.3 Å². The summed E-state index contributed by atoms with van der Waals surface area (Å²) in [6, 6.07) is 1.81. The number of aliphatic hydroxyl groups is 1. The highest BCUT2D eigenvalue weighted by Gasteiger charge is 2.30. The first-order valence-corrected chi connectivity index (χ1v) is 8.13. The second-order valence-electron chi connectivity index (χ2n) is 6.41. The molecule has 2 heterocycles. The molecule has 1 atom stereocenters. The number of carbonyl (C=O) groups is 1. The Morgan fingerprint density at radius 1 is 1.50 bits per heavy atom. The first kappa shape index (κ1) is 16.7. The second-order valence-corrected chi connectivity index (χ2v) is 7.27. The van der Waals surface area contributed by atoms with E-state index < -0.39 is 11.5 Å². The molecule has 0 fully saturated rings. The molecule has 2 aromatic rings. The first-order valence-electron chi connectivity index (χ1n) is 7.25. The number of carbonyl (C=O) groups excluding carboxylic acids is 1. The molecule has 6 heteroatoms. The smallest absolute Gasteiger partial charge is 0.270 e. The third kappa shape index (κ3) is 3.75. The van der Waals surface area contributed by atoms with Gasteiger partial charge in [0.25, 0.3) is 5.91 Å². The Labute approximate surface area is 134 Å². The van der Waals surface area contributed by atoms with Gasteiger partial charge in [-0.2, -0.15) is 0 Å². The largest absolute Gasteiger partial charge is 0.472 e. The molecule has 0 bridgehead atoms. The van der Waals surface area contributed by atoms with Gasteiger partial charge in [0.2, 0.25) is 0 Å². The molecular weight excluding hydrogens is 300 g/mol. The van der Waals surface area contributed by atoms with Gasteiger partial charge >= 0.3 is 0 Å². The maximum Gasteiger partial charge on any atom is 0.270 e. The number of aromatic nitrogens is 1. The molecule has 1 unspecified atom stereocenters. The zero-order chi connectivity index (χ0) is 16.3. The number of hydrogen-bond acceptors (Lipinski definition) is 5. The molecule has 0 radical (unpaired) electrons. The van der Waals surface area contributed by atoms with E-state index in [9.17, 15) is 9.90 Å². The quantitative estimate of drug-likeness (QED) is 0.856. The maximum atomic E-state index is 12.2. The fourth-order valence-electron chi connectivity index (χ4n) is 2.30. The van der Waals surface area contributed by atoms with Crippen LogP contribution in [0.1, 0.15) is 38.2 Å². The minimum Gasteiger partial charge on any atom is -0.472 e. The highest BCUT2D eigenvalue weighted by molar-refractivity contribution is 7.13. The number of furan rings is 1. The van der Waals surface area contributed by atoms with Crippen LogP contribution in [0.2, 0.25) is 0 Å². The van der Waals surface area contributed by atoms with Crippen molar-refractivity contribution >= 4 is 17.2 Å². The van der Waals surface area contributed by atoms with E-state index in [-0.39, 0.29) is 11.8 Å². The van der Waals surface area contributed by atoms with Gasteiger partial charge in [0.1, 0.15) is 17.0 Å². The summed E-state index contributed by atoms with van der Waals surface area (Å²) in [5.41, 5.74) is 0.850. The van der Waals surface area contributed by atoms with Gasteiger partial charge < -0.3 is 14.8 Å². The monoisotopic (exact) mass is 322 g/mol. The van der Waals surface area contributed by atoms with E-state index >= 15 is 0 Å². The Bertz CT molecular complexity index is 617. The van der Waals surface area contributed by atoms with Crippen LogP contribution in [0.25, 0.3) is 10.6 Å². The minimum atomic E-state index is -0.482. The Morgan fingerprint density at radius 3 is 2.82 bits per heavy atom. The van der Waals surface area contributed by atoms with Crippen molar-refractivity contribution in [1.82, 2.24) is 10.3 Å². The molecule has 5 nitrogen and oxygen atoms in total. The third-order valence-corrected chi connectivity index (χ3v) is 4.53. The Kier molecular flexibility index (Phi) is 5.03. The zero-order valence-corrected chi connectivity index (χ0v) is 14.1. The molecule has 2 rings (SSSR count). The number of thiazole rings is 1. The maximum absolute atomic E-state index is 12.2. The van der Waals surface area contributed by atoms with E-state index in [0.29, 0.717) is 12.2 Å². The summed E-state index contributed by atoms with van der Waals surface area (Å²) in [5, 5.41) is 15.5. The summed E-state index contributed by atoms with van der Waals surface area (Å²) in [6.45, 7) is 8.20. The Balaban J connectivity index is 1.98. The van der Waals surface area contributed by atoms with Crippen LogP contribution in [0.4, 0.5) is 0 Å². The van der Waals surface area contributed by atoms with Gasteiger partial charge in [0.15, 0.2) is 0 Å². The van der Waals surface area contributed by atoms with E-state index in [4.69, 9.17) is 4.42 Å². The summed E-state index contributed by atoms with van der Waals surface area (Å²) in [4.78, 5) is 16.5. The number of nitrogens with zero attached hydrogens (tertiary/aromatic N) is 1. The normalized spacial score (nSPS) is 13.4. The molecule has 0 saturated carbocycles. The molecule has 0 aliphatic heterocycles. The molecule has 22 heavy (non-hydrogen) atoms. The van der Waals surface area contributed by atoms with Gasteiger partial charge in [-0.05, 0) is 12.0 Å². The standard InChI is InChI=1S/C16H22N2O3S/c1-10(2)13(19)16(3,4)9-17-14(20)12-8-22-15(18-12)11-5-6-21-7-11/h5-8,10,13,19H,9H2,1-4H3,(H,17,20). The third-order valence-electron chi connectivity index (χ3n) is 3.64. The molecular formula is C16H22N2O3S. The molecule has 0 saturated heterocycles. The van der Waals surface area contributed by atoms with Gasteiger partial charge in [0, 0.05) is 22.9 Å². The first-order chi connectivity index (χ1) is 10.3. The summed E-state index contributed by atoms with van der Waals surface area (Å²) < 4.78 is 5.02. The van der Waals surface area contributed by atoms with Crippen LogP contribution >= 0.6 is 11.3 Å². The molecule has 1 amide bonds. The molecule has 120 valence electrons. The lowest BCUT2D eigenvalue weighted by atomic mass is 9.80. The van der Waals surface area contributed by atoms with Crippen LogP contribution in [0.15, 0.2) is 28.4 Å². The predicted octanol–water partition coefficient (Wildman–Crippen LogP) is 3.18. The van der Waals surface area contributed by atoms with Gasteiger partial charge in [0.05, 0.1) is 12.4 Å². The van der Waals surface area contributed by atoms with Gasteiger partial charge in [-0.15, -0.1) is 11.3 Å². The highest BCUT2D eigenvalue weighted by atomic mass is 32.1. The molecule has 0 aliphatic rings. The Morgan fingerprint density at radius 2 is 2.23 bits per heavy atom. The predicted molar refractivity (Wildman–Crippen MR) is 86.8 cm³/mol. The molecule has 0 aromatic carbocycles. The summed E-state index contributed by atoms with van der Waals surface area (Å²) in [6.07, 6.45) is 2.69. The lowest BCUT2D eigenvalue weighted by Gasteiger charge is -2.33. The van der Waals surface area contributed by atoms with E-state index in [1.165, 1.54) is 11.3 Å². The van der Waals surface area contributed by atoms with Crippen molar-refractivity contribution in [1.29, 1.82) is 0 Å². The van der Waals surface area contributed by atoms with Gasteiger partial charge in [-0.3, -0.25) is 4.79 Å². The van der Waals surface area contributed by atoms with Crippen molar-refractivity contribution in [3.05, 3.63) is 29.7 Å². The van der Waals surface area contributed by atoms with Gasteiger partial charge in [-0.25, -0.2) is 4.98 Å². The van der Waals surface area contributed by atoms with Crippen LogP contribution in [0.3, 0.4) is 0 Å². The second kappa shape index (κ2) is 6.62. The lowest BCUT2D eigenvalue weighted by Crippen LogP contribution is -2.43. The van der Waals surface area contributed by atoms with Crippen molar-refractivity contribution in [2.75, 3.05) is 6.54 Å². The molecule has 0 aliphatic carbocycles. The van der Waals surface area contributed by atoms with E-state index in [1.807, 2.05) is 33.8 Å². The minimum absolute atomic E-state index is 0.138. The SMILES string of the molecule is CC(C)C(O)C(C)(C)CNC(=O)c1csc(-c2ccoc2)n1. The highest BCUT2D eigenvalue weighted by Crippen LogP contribution is 2.26. The summed E-state index contributed by atoms with van der Waals surface area (Å²) in [7, 11) is 0. The molecule has 0 spiro atoms.